The first-order valence-corrected chi connectivity index (χ1v) is 8.39. The number of likely N-dealkylation sites (tertiary alicyclic amines) is 1. The summed E-state index contributed by atoms with van der Waals surface area (Å²) < 4.78 is 43.3. The van der Waals surface area contributed by atoms with E-state index in [2.05, 4.69) is 4.98 Å². The molecular weight excluding hydrogens is 321 g/mol. The van der Waals surface area contributed by atoms with Crippen LogP contribution in [0.1, 0.15) is 37.8 Å². The fraction of sp³-hybridized carbons (Fsp3) is 0.647. The van der Waals surface area contributed by atoms with Crippen molar-refractivity contribution in [2.75, 3.05) is 19.7 Å². The maximum Gasteiger partial charge on any atom is 0.433 e. The number of nitrogens with zero attached hydrogens (tertiary/aromatic N) is 2. The van der Waals surface area contributed by atoms with E-state index in [0.717, 1.165) is 38.2 Å². The molecule has 3 rings (SSSR count). The summed E-state index contributed by atoms with van der Waals surface area (Å²) in [5.74, 6) is 0.719. The van der Waals surface area contributed by atoms with Crippen molar-refractivity contribution in [1.29, 1.82) is 0 Å². The van der Waals surface area contributed by atoms with Crippen LogP contribution in [0.3, 0.4) is 0 Å². The van der Waals surface area contributed by atoms with Gasteiger partial charge in [-0.25, -0.2) is 4.98 Å². The molecule has 2 fully saturated rings. The highest BCUT2D eigenvalue weighted by molar-refractivity contribution is 5.79. The number of amides is 1. The van der Waals surface area contributed by atoms with E-state index in [-0.39, 0.29) is 23.6 Å². The largest absolute Gasteiger partial charge is 0.477 e. The van der Waals surface area contributed by atoms with Crippen LogP contribution in [0.2, 0.25) is 0 Å². The molecule has 0 N–H and O–H groups in total. The van der Waals surface area contributed by atoms with Gasteiger partial charge in [0.25, 0.3) is 0 Å². The van der Waals surface area contributed by atoms with Crippen LogP contribution in [0, 0.1) is 11.8 Å². The molecule has 1 aromatic heterocycles. The molecule has 24 heavy (non-hydrogen) atoms. The van der Waals surface area contributed by atoms with E-state index in [1.54, 1.807) is 0 Å². The van der Waals surface area contributed by atoms with Crippen LogP contribution in [0.25, 0.3) is 0 Å². The number of piperidine rings is 1. The predicted octanol–water partition coefficient (Wildman–Crippen LogP) is 3.52. The average molecular weight is 342 g/mol. The Labute approximate surface area is 139 Å². The zero-order valence-electron chi connectivity index (χ0n) is 13.4. The molecule has 1 amide bonds. The number of hydrogen-bond acceptors (Lipinski definition) is 3. The third-order valence-electron chi connectivity index (χ3n) is 4.86. The summed E-state index contributed by atoms with van der Waals surface area (Å²) >= 11 is 0. The molecule has 0 radical (unpaired) electrons. The van der Waals surface area contributed by atoms with Gasteiger partial charge in [0.1, 0.15) is 5.69 Å². The fourth-order valence-corrected chi connectivity index (χ4v) is 3.09. The van der Waals surface area contributed by atoms with E-state index >= 15 is 0 Å². The van der Waals surface area contributed by atoms with Crippen molar-refractivity contribution in [2.45, 2.75) is 38.3 Å². The fourth-order valence-electron chi connectivity index (χ4n) is 3.09. The molecule has 7 heteroatoms. The number of halogens is 3. The van der Waals surface area contributed by atoms with E-state index in [9.17, 15) is 18.0 Å². The second-order valence-electron chi connectivity index (χ2n) is 6.57. The Hall–Kier alpha value is -1.79. The summed E-state index contributed by atoms with van der Waals surface area (Å²) in [7, 11) is 0. The molecule has 1 aliphatic carbocycles. The van der Waals surface area contributed by atoms with E-state index in [1.165, 1.54) is 12.1 Å². The summed E-state index contributed by atoms with van der Waals surface area (Å²) in [6.07, 6.45) is 0.318. The number of pyridine rings is 1. The van der Waals surface area contributed by atoms with Gasteiger partial charge in [0.05, 0.1) is 6.61 Å². The number of hydrogen-bond donors (Lipinski definition) is 0. The highest BCUT2D eigenvalue weighted by Gasteiger charge is 2.33. The van der Waals surface area contributed by atoms with Gasteiger partial charge in [0.15, 0.2) is 0 Å². The summed E-state index contributed by atoms with van der Waals surface area (Å²) in [6, 6.07) is 3.66. The van der Waals surface area contributed by atoms with Crippen molar-refractivity contribution >= 4 is 5.91 Å². The van der Waals surface area contributed by atoms with Crippen LogP contribution < -0.4 is 4.74 Å². The number of rotatable bonds is 4. The van der Waals surface area contributed by atoms with E-state index in [4.69, 9.17) is 4.74 Å². The van der Waals surface area contributed by atoms with Crippen LogP contribution in [-0.4, -0.2) is 35.5 Å². The molecule has 1 saturated carbocycles. The maximum atomic E-state index is 12.6. The van der Waals surface area contributed by atoms with Gasteiger partial charge in [-0.2, -0.15) is 13.2 Å². The number of carbonyl (C=O) groups excluding carboxylic acids is 1. The standard InChI is InChI=1S/C17H21F3N2O2/c18-17(19,20)14-5-2-6-15(21-14)24-11-12-7-9-22(10-8-12)16(23)13-3-1-4-13/h2,5-6,12-13H,1,3-4,7-11H2. The summed E-state index contributed by atoms with van der Waals surface area (Å²) in [5, 5.41) is 0. The lowest BCUT2D eigenvalue weighted by Crippen LogP contribution is -2.44. The van der Waals surface area contributed by atoms with Crippen molar-refractivity contribution in [1.82, 2.24) is 9.88 Å². The van der Waals surface area contributed by atoms with Crippen LogP contribution in [-0.2, 0) is 11.0 Å². The number of alkyl halides is 3. The van der Waals surface area contributed by atoms with Gasteiger partial charge in [-0.05, 0) is 37.7 Å². The van der Waals surface area contributed by atoms with Crippen molar-refractivity contribution in [3.63, 3.8) is 0 Å². The molecular formula is C17H21F3N2O2. The minimum Gasteiger partial charge on any atom is -0.477 e. The quantitative estimate of drug-likeness (QED) is 0.841. The van der Waals surface area contributed by atoms with Crippen molar-refractivity contribution in [3.8, 4) is 5.88 Å². The predicted molar refractivity (Wildman–Crippen MR) is 81.4 cm³/mol. The Bertz CT molecular complexity index is 579. The van der Waals surface area contributed by atoms with Gasteiger partial charge >= 0.3 is 6.18 Å². The Balaban J connectivity index is 1.46. The molecule has 2 aliphatic rings. The molecule has 0 atom stereocenters. The average Bonchev–Trinajstić information content (AvgIpc) is 2.51. The van der Waals surface area contributed by atoms with Gasteiger partial charge < -0.3 is 9.64 Å². The second kappa shape index (κ2) is 6.99. The van der Waals surface area contributed by atoms with Crippen LogP contribution in [0.4, 0.5) is 13.2 Å². The number of aromatic nitrogens is 1. The first-order chi connectivity index (χ1) is 11.4. The lowest BCUT2D eigenvalue weighted by atomic mass is 9.83. The third kappa shape index (κ3) is 3.99. The second-order valence-corrected chi connectivity index (χ2v) is 6.57. The Kier molecular flexibility index (Phi) is 4.96. The summed E-state index contributed by atoms with van der Waals surface area (Å²) in [5.41, 5.74) is -0.944. The molecule has 1 aliphatic heterocycles. The monoisotopic (exact) mass is 342 g/mol. The smallest absolute Gasteiger partial charge is 0.433 e. The number of carbonyl (C=O) groups is 1. The van der Waals surface area contributed by atoms with Gasteiger partial charge in [-0.15, -0.1) is 0 Å². The van der Waals surface area contributed by atoms with E-state index < -0.39 is 11.9 Å². The van der Waals surface area contributed by atoms with Crippen LogP contribution in [0.5, 0.6) is 5.88 Å². The molecule has 132 valence electrons. The Morgan fingerprint density at radius 1 is 1.21 bits per heavy atom. The molecule has 0 unspecified atom stereocenters. The molecule has 0 spiro atoms. The molecule has 0 bridgehead atoms. The highest BCUT2D eigenvalue weighted by Crippen LogP contribution is 2.31. The molecule has 0 aromatic carbocycles. The third-order valence-corrected chi connectivity index (χ3v) is 4.86. The first kappa shape index (κ1) is 17.0. The van der Waals surface area contributed by atoms with Gasteiger partial charge in [0.2, 0.25) is 11.8 Å². The van der Waals surface area contributed by atoms with Gasteiger partial charge in [-0.3, -0.25) is 4.79 Å². The topological polar surface area (TPSA) is 42.4 Å². The first-order valence-electron chi connectivity index (χ1n) is 8.39. The zero-order valence-corrected chi connectivity index (χ0v) is 13.4. The van der Waals surface area contributed by atoms with E-state index in [1.807, 2.05) is 4.90 Å². The Morgan fingerprint density at radius 2 is 1.92 bits per heavy atom. The van der Waals surface area contributed by atoms with Gasteiger partial charge in [0, 0.05) is 25.1 Å². The molecule has 2 heterocycles. The van der Waals surface area contributed by atoms with Crippen molar-refractivity contribution in [2.24, 2.45) is 11.8 Å². The number of ether oxygens (including phenoxy) is 1. The SMILES string of the molecule is O=C(C1CCC1)N1CCC(COc2cccc(C(F)(F)F)n2)CC1. The van der Waals surface area contributed by atoms with Crippen molar-refractivity contribution < 1.29 is 22.7 Å². The lowest BCUT2D eigenvalue weighted by molar-refractivity contribution is -0.141. The molecule has 1 saturated heterocycles. The van der Waals surface area contributed by atoms with Crippen LogP contribution in [0.15, 0.2) is 18.2 Å². The lowest BCUT2D eigenvalue weighted by Gasteiger charge is -2.36. The Morgan fingerprint density at radius 3 is 2.50 bits per heavy atom. The normalized spacial score (nSPS) is 19.9. The van der Waals surface area contributed by atoms with Crippen molar-refractivity contribution in [3.05, 3.63) is 23.9 Å². The van der Waals surface area contributed by atoms with Crippen LogP contribution >= 0.6 is 0 Å². The van der Waals surface area contributed by atoms with E-state index in [0.29, 0.717) is 19.7 Å². The summed E-state index contributed by atoms with van der Waals surface area (Å²) in [4.78, 5) is 17.6. The zero-order chi connectivity index (χ0) is 17.2. The minimum atomic E-state index is -4.47. The maximum absolute atomic E-state index is 12.6. The molecule has 1 aromatic rings. The molecule has 4 nitrogen and oxygen atoms in total. The van der Waals surface area contributed by atoms with Gasteiger partial charge in [-0.1, -0.05) is 12.5 Å². The minimum absolute atomic E-state index is 0.00204. The highest BCUT2D eigenvalue weighted by atomic mass is 19.4. The summed E-state index contributed by atoms with van der Waals surface area (Å²) in [6.45, 7) is 1.75.